The minimum Gasteiger partial charge on any atom is -0.382 e. The maximum Gasteiger partial charge on any atom is 0.264 e. The number of oxime groups is 1. The summed E-state index contributed by atoms with van der Waals surface area (Å²) in [4.78, 5) is 29.0. The summed E-state index contributed by atoms with van der Waals surface area (Å²) in [5.74, 6) is -0.975. The maximum atomic E-state index is 12.9. The molecule has 0 spiro atoms. The summed E-state index contributed by atoms with van der Waals surface area (Å²) in [6.07, 6.45) is 0.324. The summed E-state index contributed by atoms with van der Waals surface area (Å²) in [6, 6.07) is 5.17. The molecule has 0 bridgehead atoms. The number of rotatable bonds is 6. The van der Waals surface area contributed by atoms with Crippen molar-refractivity contribution in [2.75, 3.05) is 6.54 Å². The molecule has 0 aliphatic carbocycles. The van der Waals surface area contributed by atoms with Crippen LogP contribution in [-0.4, -0.2) is 36.2 Å². The van der Waals surface area contributed by atoms with Crippen molar-refractivity contribution in [2.24, 2.45) is 5.16 Å². The van der Waals surface area contributed by atoms with Crippen molar-refractivity contribution in [1.29, 1.82) is 0 Å². The SMILES string of the molecule is CCCNC(=O)[C@@H](C)NC(=O)[C@H]1CC(c2ccc(F)cc2)=NO1. The van der Waals surface area contributed by atoms with Gasteiger partial charge in [-0.25, -0.2) is 4.39 Å². The fraction of sp³-hybridized carbons (Fsp3) is 0.438. The van der Waals surface area contributed by atoms with Gasteiger partial charge in [0, 0.05) is 13.0 Å². The average molecular weight is 321 g/mol. The Morgan fingerprint density at radius 2 is 2.09 bits per heavy atom. The van der Waals surface area contributed by atoms with Gasteiger partial charge < -0.3 is 15.5 Å². The molecule has 1 heterocycles. The Hall–Kier alpha value is -2.44. The quantitative estimate of drug-likeness (QED) is 0.830. The Bertz CT molecular complexity index is 601. The third-order valence-electron chi connectivity index (χ3n) is 3.44. The van der Waals surface area contributed by atoms with Crippen molar-refractivity contribution >= 4 is 17.5 Å². The first-order valence-corrected chi connectivity index (χ1v) is 7.58. The molecule has 2 amide bonds. The Labute approximate surface area is 134 Å². The molecule has 0 saturated heterocycles. The zero-order valence-electron chi connectivity index (χ0n) is 13.1. The van der Waals surface area contributed by atoms with Gasteiger partial charge in [0.15, 0.2) is 0 Å². The molecule has 1 aliphatic heterocycles. The van der Waals surface area contributed by atoms with E-state index >= 15 is 0 Å². The molecule has 0 aromatic heterocycles. The first-order valence-electron chi connectivity index (χ1n) is 7.58. The minimum atomic E-state index is -0.781. The predicted octanol–water partition coefficient (Wildman–Crippen LogP) is 1.35. The van der Waals surface area contributed by atoms with Crippen molar-refractivity contribution < 1.29 is 18.8 Å². The highest BCUT2D eigenvalue weighted by atomic mass is 19.1. The van der Waals surface area contributed by atoms with Crippen molar-refractivity contribution in [2.45, 2.75) is 38.8 Å². The molecule has 124 valence electrons. The number of hydrogen-bond acceptors (Lipinski definition) is 4. The number of benzene rings is 1. The number of carbonyl (C=O) groups is 2. The van der Waals surface area contributed by atoms with Crippen LogP contribution in [0.4, 0.5) is 4.39 Å². The van der Waals surface area contributed by atoms with Gasteiger partial charge in [0.25, 0.3) is 5.91 Å². The highest BCUT2D eigenvalue weighted by molar-refractivity contribution is 6.04. The Kier molecular flexibility index (Phi) is 5.67. The number of carbonyl (C=O) groups excluding carboxylic acids is 2. The van der Waals surface area contributed by atoms with E-state index in [9.17, 15) is 14.0 Å². The number of nitrogens with one attached hydrogen (secondary N) is 2. The van der Waals surface area contributed by atoms with E-state index in [0.29, 0.717) is 17.8 Å². The van der Waals surface area contributed by atoms with E-state index in [2.05, 4.69) is 15.8 Å². The van der Waals surface area contributed by atoms with Crippen LogP contribution >= 0.6 is 0 Å². The summed E-state index contributed by atoms with van der Waals surface area (Å²) in [5.41, 5.74) is 1.28. The van der Waals surface area contributed by atoms with Crippen LogP contribution in [0.25, 0.3) is 0 Å². The molecule has 6 nitrogen and oxygen atoms in total. The smallest absolute Gasteiger partial charge is 0.264 e. The van der Waals surface area contributed by atoms with Gasteiger partial charge in [-0.1, -0.05) is 24.2 Å². The van der Waals surface area contributed by atoms with E-state index < -0.39 is 18.1 Å². The molecule has 0 fully saturated rings. The van der Waals surface area contributed by atoms with Gasteiger partial charge in [-0.2, -0.15) is 0 Å². The molecule has 0 saturated carbocycles. The molecule has 0 unspecified atom stereocenters. The molecule has 2 N–H and O–H groups in total. The monoisotopic (exact) mass is 321 g/mol. The number of halogens is 1. The molecule has 1 aromatic rings. The molecule has 23 heavy (non-hydrogen) atoms. The van der Waals surface area contributed by atoms with Gasteiger partial charge in [0.2, 0.25) is 12.0 Å². The van der Waals surface area contributed by atoms with Crippen LogP contribution in [0.2, 0.25) is 0 Å². The second-order valence-electron chi connectivity index (χ2n) is 5.36. The van der Waals surface area contributed by atoms with E-state index in [0.717, 1.165) is 6.42 Å². The zero-order valence-corrected chi connectivity index (χ0v) is 13.1. The Morgan fingerprint density at radius 3 is 2.74 bits per heavy atom. The van der Waals surface area contributed by atoms with Gasteiger partial charge in [-0.05, 0) is 31.0 Å². The Morgan fingerprint density at radius 1 is 1.39 bits per heavy atom. The molecular formula is C16H20FN3O3. The third kappa shape index (κ3) is 4.51. The third-order valence-corrected chi connectivity index (χ3v) is 3.44. The van der Waals surface area contributed by atoms with Crippen molar-refractivity contribution in [3.63, 3.8) is 0 Å². The van der Waals surface area contributed by atoms with Crippen LogP contribution in [0.15, 0.2) is 29.4 Å². The molecule has 1 aromatic carbocycles. The van der Waals surface area contributed by atoms with E-state index in [1.807, 2.05) is 6.92 Å². The average Bonchev–Trinajstić information content (AvgIpc) is 3.03. The van der Waals surface area contributed by atoms with Crippen LogP contribution in [0.3, 0.4) is 0 Å². The molecule has 2 atom stereocenters. The van der Waals surface area contributed by atoms with Crippen LogP contribution in [0, 0.1) is 5.82 Å². The highest BCUT2D eigenvalue weighted by Gasteiger charge is 2.30. The largest absolute Gasteiger partial charge is 0.382 e. The van der Waals surface area contributed by atoms with Gasteiger partial charge in [0.05, 0.1) is 5.71 Å². The Balaban J connectivity index is 1.86. The predicted molar refractivity (Wildman–Crippen MR) is 83.3 cm³/mol. The number of amides is 2. The molecule has 2 rings (SSSR count). The van der Waals surface area contributed by atoms with Gasteiger partial charge in [-0.15, -0.1) is 0 Å². The molecule has 1 aliphatic rings. The van der Waals surface area contributed by atoms with Crippen LogP contribution < -0.4 is 10.6 Å². The van der Waals surface area contributed by atoms with E-state index in [4.69, 9.17) is 4.84 Å². The first-order chi connectivity index (χ1) is 11.0. The minimum absolute atomic E-state index is 0.238. The lowest BCUT2D eigenvalue weighted by atomic mass is 10.0. The first kappa shape index (κ1) is 16.9. The lowest BCUT2D eigenvalue weighted by Gasteiger charge is -2.15. The second-order valence-corrected chi connectivity index (χ2v) is 5.36. The van der Waals surface area contributed by atoms with Gasteiger partial charge >= 0.3 is 0 Å². The molecule has 0 radical (unpaired) electrons. The maximum absolute atomic E-state index is 12.9. The summed E-state index contributed by atoms with van der Waals surface area (Å²) in [5, 5.41) is 9.18. The summed E-state index contributed by atoms with van der Waals surface area (Å²) < 4.78 is 12.9. The molecule has 7 heteroatoms. The fourth-order valence-electron chi connectivity index (χ4n) is 2.10. The lowest BCUT2D eigenvalue weighted by molar-refractivity contribution is -0.135. The molecular weight excluding hydrogens is 301 g/mol. The fourth-order valence-corrected chi connectivity index (χ4v) is 2.10. The second kappa shape index (κ2) is 7.71. The standard InChI is InChI=1S/C16H20FN3O3/c1-3-8-18-15(21)10(2)19-16(22)14-9-13(20-23-14)11-4-6-12(17)7-5-11/h4-7,10,14H,3,8-9H2,1-2H3,(H,18,21)(H,19,22)/t10-,14-/m1/s1. The topological polar surface area (TPSA) is 79.8 Å². The van der Waals surface area contributed by atoms with E-state index in [1.54, 1.807) is 19.1 Å². The van der Waals surface area contributed by atoms with Crippen molar-refractivity contribution in [3.8, 4) is 0 Å². The highest BCUT2D eigenvalue weighted by Crippen LogP contribution is 2.17. The van der Waals surface area contributed by atoms with Gasteiger partial charge in [-0.3, -0.25) is 9.59 Å². The zero-order chi connectivity index (χ0) is 16.8. The number of hydrogen-bond donors (Lipinski definition) is 2. The van der Waals surface area contributed by atoms with Crippen molar-refractivity contribution in [3.05, 3.63) is 35.6 Å². The van der Waals surface area contributed by atoms with Crippen LogP contribution in [-0.2, 0) is 14.4 Å². The number of nitrogens with zero attached hydrogens (tertiary/aromatic N) is 1. The van der Waals surface area contributed by atoms with Crippen LogP contribution in [0.5, 0.6) is 0 Å². The van der Waals surface area contributed by atoms with Crippen LogP contribution in [0.1, 0.15) is 32.3 Å². The normalized spacial score (nSPS) is 17.9. The lowest BCUT2D eigenvalue weighted by Crippen LogP contribution is -2.48. The summed E-state index contributed by atoms with van der Waals surface area (Å²) in [7, 11) is 0. The van der Waals surface area contributed by atoms with E-state index in [1.165, 1.54) is 12.1 Å². The van der Waals surface area contributed by atoms with E-state index in [-0.39, 0.29) is 18.1 Å². The van der Waals surface area contributed by atoms with Crippen molar-refractivity contribution in [1.82, 2.24) is 10.6 Å². The van der Waals surface area contributed by atoms with Gasteiger partial charge in [0.1, 0.15) is 11.9 Å². The summed E-state index contributed by atoms with van der Waals surface area (Å²) in [6.45, 7) is 4.13. The summed E-state index contributed by atoms with van der Waals surface area (Å²) >= 11 is 0.